The van der Waals surface area contributed by atoms with E-state index in [2.05, 4.69) is 25.4 Å². The first-order valence-corrected chi connectivity index (χ1v) is 10.4. The molecule has 2 aromatic carbocycles. The molecule has 0 aliphatic carbocycles. The van der Waals surface area contributed by atoms with Gasteiger partial charge >= 0.3 is 0 Å². The molecule has 1 aliphatic heterocycles. The Hall–Kier alpha value is -3.32. The second-order valence-electron chi connectivity index (χ2n) is 7.67. The van der Waals surface area contributed by atoms with E-state index in [1.54, 1.807) is 0 Å². The number of rotatable bonds is 6. The third kappa shape index (κ3) is 3.89. The van der Waals surface area contributed by atoms with Crippen LogP contribution in [-0.2, 0) is 0 Å². The first-order valence-electron chi connectivity index (χ1n) is 10.4. The molecule has 7 nitrogen and oxygen atoms in total. The topological polar surface area (TPSA) is 80.0 Å². The van der Waals surface area contributed by atoms with Gasteiger partial charge in [-0.2, -0.15) is 0 Å². The molecule has 0 amide bonds. The van der Waals surface area contributed by atoms with Crippen LogP contribution in [0, 0.1) is 6.92 Å². The van der Waals surface area contributed by atoms with Crippen LogP contribution in [-0.4, -0.2) is 51.2 Å². The largest absolute Gasteiger partial charge is 0.413 e. The Morgan fingerprint density at radius 1 is 0.933 bits per heavy atom. The molecule has 2 aromatic heterocycles. The molecule has 0 spiro atoms. The van der Waals surface area contributed by atoms with Crippen molar-refractivity contribution < 1.29 is 4.42 Å². The molecular formula is C23H24N6O. The van der Waals surface area contributed by atoms with Gasteiger partial charge in [0.25, 0.3) is 5.89 Å². The van der Waals surface area contributed by atoms with Gasteiger partial charge in [-0.25, -0.2) is 9.97 Å². The summed E-state index contributed by atoms with van der Waals surface area (Å²) in [6.07, 6.45) is 2.59. The second kappa shape index (κ2) is 8.20. The van der Waals surface area contributed by atoms with Crippen molar-refractivity contribution >= 4 is 16.7 Å². The van der Waals surface area contributed by atoms with Gasteiger partial charge in [-0.3, -0.25) is 0 Å². The fourth-order valence-corrected chi connectivity index (χ4v) is 3.77. The molecule has 152 valence electrons. The van der Waals surface area contributed by atoms with Crippen LogP contribution in [0.4, 0.5) is 5.82 Å². The van der Waals surface area contributed by atoms with Gasteiger partial charge in [0.05, 0.1) is 5.52 Å². The number of para-hydroxylation sites is 1. The summed E-state index contributed by atoms with van der Waals surface area (Å²) in [6.45, 7) is 6.25. The molecule has 30 heavy (non-hydrogen) atoms. The number of aromatic nitrogens is 4. The van der Waals surface area contributed by atoms with Crippen molar-refractivity contribution in [2.24, 2.45) is 0 Å². The Bertz CT molecular complexity index is 1150. The van der Waals surface area contributed by atoms with Gasteiger partial charge in [0.15, 0.2) is 0 Å². The number of fused-ring (bicyclic) bond motifs is 1. The van der Waals surface area contributed by atoms with Crippen molar-refractivity contribution in [1.29, 1.82) is 0 Å². The van der Waals surface area contributed by atoms with E-state index in [0.29, 0.717) is 17.6 Å². The van der Waals surface area contributed by atoms with Crippen LogP contribution in [0.1, 0.15) is 18.4 Å². The Morgan fingerprint density at radius 3 is 2.53 bits per heavy atom. The van der Waals surface area contributed by atoms with Gasteiger partial charge in [-0.15, -0.1) is 10.2 Å². The van der Waals surface area contributed by atoms with Crippen molar-refractivity contribution in [2.75, 3.05) is 31.5 Å². The number of anilines is 1. The summed E-state index contributed by atoms with van der Waals surface area (Å²) >= 11 is 0. The standard InChI is InChI=1S/C23H24N6O/c1-16-8-10-17(11-9-16)22-27-28-23(30-22)21-25-19-7-3-2-6-18(19)20(26-21)24-12-15-29-13-4-5-14-29/h2-3,6-11H,4-5,12-15H2,1H3,(H,24,25,26). The van der Waals surface area contributed by atoms with E-state index in [1.165, 1.54) is 31.5 Å². The lowest BCUT2D eigenvalue weighted by Crippen LogP contribution is -2.26. The van der Waals surface area contributed by atoms with E-state index in [9.17, 15) is 0 Å². The first-order chi connectivity index (χ1) is 14.8. The number of hydrogen-bond acceptors (Lipinski definition) is 7. The molecule has 4 aromatic rings. The third-order valence-electron chi connectivity index (χ3n) is 5.44. The van der Waals surface area contributed by atoms with E-state index in [4.69, 9.17) is 9.40 Å². The van der Waals surface area contributed by atoms with Crippen LogP contribution in [0.5, 0.6) is 0 Å². The summed E-state index contributed by atoms with van der Waals surface area (Å²) in [7, 11) is 0. The maximum Gasteiger partial charge on any atom is 0.286 e. The number of hydrogen-bond donors (Lipinski definition) is 1. The maximum absolute atomic E-state index is 5.90. The highest BCUT2D eigenvalue weighted by molar-refractivity contribution is 5.90. The van der Waals surface area contributed by atoms with Crippen LogP contribution >= 0.6 is 0 Å². The van der Waals surface area contributed by atoms with E-state index in [0.717, 1.165) is 35.4 Å². The van der Waals surface area contributed by atoms with Crippen LogP contribution in [0.15, 0.2) is 52.9 Å². The van der Waals surface area contributed by atoms with Gasteiger partial charge in [-0.1, -0.05) is 29.8 Å². The van der Waals surface area contributed by atoms with E-state index in [1.807, 2.05) is 55.5 Å². The number of benzene rings is 2. The minimum Gasteiger partial charge on any atom is -0.413 e. The lowest BCUT2D eigenvalue weighted by atomic mass is 10.1. The minimum absolute atomic E-state index is 0.318. The normalized spacial score (nSPS) is 14.4. The zero-order chi connectivity index (χ0) is 20.3. The Balaban J connectivity index is 1.43. The summed E-state index contributed by atoms with van der Waals surface area (Å²) < 4.78 is 5.90. The van der Waals surface area contributed by atoms with Crippen molar-refractivity contribution in [2.45, 2.75) is 19.8 Å². The molecule has 0 radical (unpaired) electrons. The highest BCUT2D eigenvalue weighted by atomic mass is 16.4. The molecule has 7 heteroatoms. The smallest absolute Gasteiger partial charge is 0.286 e. The summed E-state index contributed by atoms with van der Waals surface area (Å²) in [4.78, 5) is 11.8. The monoisotopic (exact) mass is 400 g/mol. The molecule has 1 saturated heterocycles. The highest BCUT2D eigenvalue weighted by Gasteiger charge is 2.16. The van der Waals surface area contributed by atoms with Gasteiger partial charge in [0, 0.05) is 24.0 Å². The molecule has 0 unspecified atom stereocenters. The predicted molar refractivity (Wildman–Crippen MR) is 117 cm³/mol. The fraction of sp³-hybridized carbons (Fsp3) is 0.304. The molecular weight excluding hydrogens is 376 g/mol. The molecule has 3 heterocycles. The Morgan fingerprint density at radius 2 is 1.70 bits per heavy atom. The SMILES string of the molecule is Cc1ccc(-c2nnc(-c3nc(NCCN4CCCC4)c4ccccc4n3)o2)cc1. The summed E-state index contributed by atoms with van der Waals surface area (Å²) in [6, 6.07) is 16.0. The molecule has 0 atom stereocenters. The zero-order valence-electron chi connectivity index (χ0n) is 17.0. The number of aryl methyl sites for hydroxylation is 1. The molecule has 5 rings (SSSR count). The van der Waals surface area contributed by atoms with Crippen molar-refractivity contribution in [3.05, 3.63) is 54.1 Å². The third-order valence-corrected chi connectivity index (χ3v) is 5.44. The van der Waals surface area contributed by atoms with Crippen molar-refractivity contribution in [1.82, 2.24) is 25.1 Å². The molecule has 1 fully saturated rings. The van der Waals surface area contributed by atoms with Crippen LogP contribution in [0.2, 0.25) is 0 Å². The van der Waals surface area contributed by atoms with Gasteiger partial charge in [-0.05, 0) is 57.1 Å². The van der Waals surface area contributed by atoms with E-state index >= 15 is 0 Å². The summed E-state index contributed by atoms with van der Waals surface area (Å²) in [5.74, 6) is 2.01. The van der Waals surface area contributed by atoms with Crippen molar-refractivity contribution in [3.8, 4) is 23.2 Å². The molecule has 1 N–H and O–H groups in total. The van der Waals surface area contributed by atoms with Gasteiger partial charge in [0.2, 0.25) is 11.7 Å². The molecule has 1 aliphatic rings. The second-order valence-corrected chi connectivity index (χ2v) is 7.67. The average Bonchev–Trinajstić information content (AvgIpc) is 3.46. The fourth-order valence-electron chi connectivity index (χ4n) is 3.77. The lowest BCUT2D eigenvalue weighted by Gasteiger charge is -2.15. The minimum atomic E-state index is 0.318. The molecule has 0 saturated carbocycles. The average molecular weight is 400 g/mol. The van der Waals surface area contributed by atoms with Crippen LogP contribution < -0.4 is 5.32 Å². The van der Waals surface area contributed by atoms with Crippen LogP contribution in [0.25, 0.3) is 34.1 Å². The van der Waals surface area contributed by atoms with E-state index < -0.39 is 0 Å². The quantitative estimate of drug-likeness (QED) is 0.520. The highest BCUT2D eigenvalue weighted by Crippen LogP contribution is 2.26. The Kier molecular flexibility index (Phi) is 5.11. The lowest BCUT2D eigenvalue weighted by molar-refractivity contribution is 0.352. The van der Waals surface area contributed by atoms with E-state index in [-0.39, 0.29) is 0 Å². The predicted octanol–water partition coefficient (Wildman–Crippen LogP) is 4.16. The zero-order valence-corrected chi connectivity index (χ0v) is 17.0. The number of likely N-dealkylation sites (tertiary alicyclic amines) is 1. The molecule has 0 bridgehead atoms. The van der Waals surface area contributed by atoms with Crippen LogP contribution in [0.3, 0.4) is 0 Å². The summed E-state index contributed by atoms with van der Waals surface area (Å²) in [5.41, 5.74) is 2.91. The maximum atomic E-state index is 5.90. The van der Waals surface area contributed by atoms with Gasteiger partial charge < -0.3 is 14.6 Å². The summed E-state index contributed by atoms with van der Waals surface area (Å²) in [5, 5.41) is 12.9. The number of nitrogens with one attached hydrogen (secondary N) is 1. The first kappa shape index (κ1) is 18.7. The van der Waals surface area contributed by atoms with Crippen molar-refractivity contribution in [3.63, 3.8) is 0 Å². The Labute approximate surface area is 175 Å². The number of nitrogens with zero attached hydrogens (tertiary/aromatic N) is 5. The van der Waals surface area contributed by atoms with Gasteiger partial charge in [0.1, 0.15) is 5.82 Å².